The molecule has 1 heterocycles. The molecule has 0 radical (unpaired) electrons. The fourth-order valence-corrected chi connectivity index (χ4v) is 2.05. The number of rotatable bonds is 5. The molecule has 0 aliphatic carbocycles. The third kappa shape index (κ3) is 2.86. The van der Waals surface area contributed by atoms with Crippen LogP contribution in [0.4, 0.5) is 0 Å². The minimum Gasteiger partial charge on any atom is -0.300 e. The van der Waals surface area contributed by atoms with Crippen LogP contribution in [-0.2, 0) is 11.2 Å². The Morgan fingerprint density at radius 3 is 2.67 bits per heavy atom. The molecule has 1 aromatic heterocycles. The number of carbonyl (C=O) groups excluding carboxylic acids is 1. The number of hydrogen-bond donors (Lipinski definition) is 0. The monoisotopic (exact) mass is 242 g/mol. The van der Waals surface area contributed by atoms with Gasteiger partial charge in [-0.2, -0.15) is 5.10 Å². The van der Waals surface area contributed by atoms with Crippen molar-refractivity contribution in [1.29, 1.82) is 0 Å². The van der Waals surface area contributed by atoms with E-state index in [1.807, 2.05) is 54.3 Å². The first-order chi connectivity index (χ1) is 8.70. The van der Waals surface area contributed by atoms with E-state index in [1.54, 1.807) is 6.92 Å². The van der Waals surface area contributed by atoms with Gasteiger partial charge in [-0.05, 0) is 37.5 Å². The van der Waals surface area contributed by atoms with Crippen LogP contribution in [0.2, 0.25) is 0 Å². The molecule has 0 fully saturated rings. The van der Waals surface area contributed by atoms with Crippen molar-refractivity contribution in [2.24, 2.45) is 5.92 Å². The van der Waals surface area contributed by atoms with Crippen molar-refractivity contribution in [2.45, 2.75) is 26.7 Å². The van der Waals surface area contributed by atoms with E-state index in [1.165, 1.54) is 0 Å². The standard InChI is InChI=1S/C15H18N2O/c1-3-14(12(2)18)9-13-10-16-17(11-13)15-7-5-4-6-8-15/h4-8,10-11,14H,3,9H2,1-2H3. The molecular weight excluding hydrogens is 224 g/mol. The number of benzene rings is 1. The molecule has 3 nitrogen and oxygen atoms in total. The first-order valence-electron chi connectivity index (χ1n) is 6.30. The number of ketones is 1. The van der Waals surface area contributed by atoms with Gasteiger partial charge in [0, 0.05) is 12.1 Å². The number of hydrogen-bond acceptors (Lipinski definition) is 2. The number of Topliss-reactive ketones (excluding diaryl/α,β-unsaturated/α-hetero) is 1. The molecule has 0 spiro atoms. The first-order valence-corrected chi connectivity index (χ1v) is 6.30. The summed E-state index contributed by atoms with van der Waals surface area (Å²) in [6, 6.07) is 9.98. The third-order valence-corrected chi connectivity index (χ3v) is 3.21. The summed E-state index contributed by atoms with van der Waals surface area (Å²) in [5.74, 6) is 0.364. The average molecular weight is 242 g/mol. The summed E-state index contributed by atoms with van der Waals surface area (Å²) in [6.45, 7) is 3.71. The second-order valence-electron chi connectivity index (χ2n) is 4.55. The van der Waals surface area contributed by atoms with Gasteiger partial charge in [0.15, 0.2) is 0 Å². The Kier molecular flexibility index (Phi) is 3.92. The molecule has 0 bridgehead atoms. The molecule has 0 saturated heterocycles. The second kappa shape index (κ2) is 5.63. The highest BCUT2D eigenvalue weighted by molar-refractivity contribution is 5.78. The smallest absolute Gasteiger partial charge is 0.133 e. The lowest BCUT2D eigenvalue weighted by Gasteiger charge is -2.08. The second-order valence-corrected chi connectivity index (χ2v) is 4.55. The van der Waals surface area contributed by atoms with Crippen molar-refractivity contribution in [3.8, 4) is 5.69 Å². The van der Waals surface area contributed by atoms with Crippen molar-refractivity contribution in [1.82, 2.24) is 9.78 Å². The fraction of sp³-hybridized carbons (Fsp3) is 0.333. The molecule has 1 unspecified atom stereocenters. The van der Waals surface area contributed by atoms with Crippen molar-refractivity contribution >= 4 is 5.78 Å². The van der Waals surface area contributed by atoms with Crippen LogP contribution in [-0.4, -0.2) is 15.6 Å². The molecule has 0 aliphatic rings. The quantitative estimate of drug-likeness (QED) is 0.807. The molecule has 1 atom stereocenters. The minimum absolute atomic E-state index is 0.110. The first kappa shape index (κ1) is 12.6. The Morgan fingerprint density at radius 2 is 2.06 bits per heavy atom. The predicted octanol–water partition coefficient (Wildman–Crippen LogP) is 3.03. The zero-order valence-electron chi connectivity index (χ0n) is 10.8. The van der Waals surface area contributed by atoms with Crippen LogP contribution in [0, 0.1) is 5.92 Å². The molecular formula is C15H18N2O. The van der Waals surface area contributed by atoms with Crippen molar-refractivity contribution in [2.75, 3.05) is 0 Å². The maximum atomic E-state index is 11.4. The summed E-state index contributed by atoms with van der Waals surface area (Å²) >= 11 is 0. The Balaban J connectivity index is 2.14. The SMILES string of the molecule is CCC(Cc1cnn(-c2ccccc2)c1)C(C)=O. The van der Waals surface area contributed by atoms with E-state index in [0.717, 1.165) is 24.1 Å². The Labute approximate surface area is 107 Å². The van der Waals surface area contributed by atoms with Gasteiger partial charge in [-0.1, -0.05) is 25.1 Å². The van der Waals surface area contributed by atoms with Crippen LogP contribution in [0.25, 0.3) is 5.69 Å². The van der Waals surface area contributed by atoms with Crippen LogP contribution in [0.5, 0.6) is 0 Å². The zero-order chi connectivity index (χ0) is 13.0. The molecule has 0 amide bonds. The molecule has 94 valence electrons. The number of aromatic nitrogens is 2. The predicted molar refractivity (Wildman–Crippen MR) is 71.7 cm³/mol. The van der Waals surface area contributed by atoms with Gasteiger partial charge in [-0.15, -0.1) is 0 Å². The van der Waals surface area contributed by atoms with E-state index < -0.39 is 0 Å². The van der Waals surface area contributed by atoms with Gasteiger partial charge in [-0.25, -0.2) is 4.68 Å². The minimum atomic E-state index is 0.110. The normalized spacial score (nSPS) is 12.3. The summed E-state index contributed by atoms with van der Waals surface area (Å²) in [5, 5.41) is 4.34. The Hall–Kier alpha value is -1.90. The Morgan fingerprint density at radius 1 is 1.33 bits per heavy atom. The molecule has 18 heavy (non-hydrogen) atoms. The van der Waals surface area contributed by atoms with Crippen LogP contribution in [0.15, 0.2) is 42.7 Å². The van der Waals surface area contributed by atoms with Crippen LogP contribution < -0.4 is 0 Å². The van der Waals surface area contributed by atoms with Crippen molar-refractivity contribution in [3.63, 3.8) is 0 Å². The van der Waals surface area contributed by atoms with E-state index in [-0.39, 0.29) is 11.7 Å². The number of para-hydroxylation sites is 1. The van der Waals surface area contributed by atoms with Gasteiger partial charge in [0.05, 0.1) is 11.9 Å². The lowest BCUT2D eigenvalue weighted by atomic mass is 9.95. The largest absolute Gasteiger partial charge is 0.300 e. The topological polar surface area (TPSA) is 34.9 Å². The maximum absolute atomic E-state index is 11.4. The van der Waals surface area contributed by atoms with Gasteiger partial charge < -0.3 is 0 Å². The highest BCUT2D eigenvalue weighted by Crippen LogP contribution is 2.14. The van der Waals surface area contributed by atoms with Gasteiger partial charge in [-0.3, -0.25) is 4.79 Å². The zero-order valence-corrected chi connectivity index (χ0v) is 10.8. The molecule has 1 aromatic carbocycles. The average Bonchev–Trinajstić information content (AvgIpc) is 2.85. The summed E-state index contributed by atoms with van der Waals surface area (Å²) < 4.78 is 1.85. The van der Waals surface area contributed by atoms with Crippen molar-refractivity contribution in [3.05, 3.63) is 48.3 Å². The van der Waals surface area contributed by atoms with E-state index in [2.05, 4.69) is 5.10 Å². The maximum Gasteiger partial charge on any atom is 0.133 e. The fourth-order valence-electron chi connectivity index (χ4n) is 2.05. The van der Waals surface area contributed by atoms with E-state index >= 15 is 0 Å². The molecule has 0 N–H and O–H groups in total. The lowest BCUT2D eigenvalue weighted by molar-refractivity contribution is -0.120. The van der Waals surface area contributed by atoms with Gasteiger partial charge in [0.2, 0.25) is 0 Å². The Bertz CT molecular complexity index is 516. The van der Waals surface area contributed by atoms with Gasteiger partial charge in [0.25, 0.3) is 0 Å². The summed E-state index contributed by atoms with van der Waals surface area (Å²) in [6.07, 6.45) is 5.50. The highest BCUT2D eigenvalue weighted by Gasteiger charge is 2.13. The molecule has 0 saturated carbocycles. The summed E-state index contributed by atoms with van der Waals surface area (Å²) in [4.78, 5) is 11.4. The summed E-state index contributed by atoms with van der Waals surface area (Å²) in [5.41, 5.74) is 2.15. The molecule has 3 heteroatoms. The van der Waals surface area contributed by atoms with Gasteiger partial charge in [0.1, 0.15) is 5.78 Å². The lowest BCUT2D eigenvalue weighted by Crippen LogP contribution is -2.12. The number of carbonyl (C=O) groups is 1. The number of nitrogens with zero attached hydrogens (tertiary/aromatic N) is 2. The van der Waals surface area contributed by atoms with E-state index in [9.17, 15) is 4.79 Å². The summed E-state index contributed by atoms with van der Waals surface area (Å²) in [7, 11) is 0. The van der Waals surface area contributed by atoms with Crippen LogP contribution in [0.3, 0.4) is 0 Å². The highest BCUT2D eigenvalue weighted by atomic mass is 16.1. The van der Waals surface area contributed by atoms with Crippen molar-refractivity contribution < 1.29 is 4.79 Å². The third-order valence-electron chi connectivity index (χ3n) is 3.21. The van der Waals surface area contributed by atoms with E-state index in [0.29, 0.717) is 0 Å². The molecule has 0 aliphatic heterocycles. The van der Waals surface area contributed by atoms with Gasteiger partial charge >= 0.3 is 0 Å². The van der Waals surface area contributed by atoms with E-state index in [4.69, 9.17) is 0 Å². The van der Waals surface area contributed by atoms with Crippen LogP contribution >= 0.6 is 0 Å². The molecule has 2 aromatic rings. The molecule has 2 rings (SSSR count). The van der Waals surface area contributed by atoms with Crippen LogP contribution in [0.1, 0.15) is 25.8 Å².